The number of hydrogen-bond acceptors (Lipinski definition) is 4. The minimum absolute atomic E-state index is 0.00229. The first kappa shape index (κ1) is 14.8. The second-order valence-corrected chi connectivity index (χ2v) is 3.64. The lowest BCUT2D eigenvalue weighted by Crippen LogP contribution is -2.50. The van der Waals surface area contributed by atoms with Crippen molar-refractivity contribution in [1.82, 2.24) is 10.2 Å². The fourth-order valence-electron chi connectivity index (χ4n) is 1.19. The van der Waals surface area contributed by atoms with E-state index in [4.69, 9.17) is 5.11 Å². The topological polar surface area (TPSA) is 86.7 Å². The molecule has 0 aliphatic heterocycles. The molecule has 0 spiro atoms. The van der Waals surface area contributed by atoms with Crippen molar-refractivity contribution in [1.29, 1.82) is 0 Å². The molecule has 0 aromatic carbocycles. The van der Waals surface area contributed by atoms with E-state index < -0.39 is 24.0 Å². The van der Waals surface area contributed by atoms with E-state index in [0.29, 0.717) is 12.8 Å². The fraction of sp³-hybridized carbons (Fsp3) is 0.667. The maximum Gasteiger partial charge on any atom is 0.327 e. The lowest BCUT2D eigenvalue weighted by molar-refractivity contribution is -0.142. The van der Waals surface area contributed by atoms with Gasteiger partial charge in [0, 0.05) is 12.8 Å². The van der Waals surface area contributed by atoms with Gasteiger partial charge in [-0.25, -0.2) is 4.79 Å². The van der Waals surface area contributed by atoms with Crippen LogP contribution < -0.4 is 5.32 Å². The Bertz CT molecular complexity index is 272. The van der Waals surface area contributed by atoms with Gasteiger partial charge in [-0.15, -0.1) is 0 Å². The monoisotopic (exact) mass is 248 g/mol. The zero-order valence-corrected chi connectivity index (χ0v) is 10.1. The SMILES string of the molecule is CCC(C(=O)NC(CS)C(=O)O)N(C)C=O. The summed E-state index contributed by atoms with van der Waals surface area (Å²) < 4.78 is 0. The van der Waals surface area contributed by atoms with Crippen molar-refractivity contribution in [2.45, 2.75) is 25.4 Å². The van der Waals surface area contributed by atoms with Crippen molar-refractivity contribution < 1.29 is 19.5 Å². The number of likely N-dealkylation sites (N-methyl/N-ethyl adjacent to an activating group) is 1. The van der Waals surface area contributed by atoms with Crippen LogP contribution in [0.4, 0.5) is 0 Å². The Morgan fingerprint density at radius 3 is 2.44 bits per heavy atom. The van der Waals surface area contributed by atoms with E-state index in [0.717, 1.165) is 0 Å². The third-order valence-electron chi connectivity index (χ3n) is 2.14. The maximum atomic E-state index is 11.6. The Balaban J connectivity index is 4.52. The Hall–Kier alpha value is -1.24. The van der Waals surface area contributed by atoms with E-state index in [-0.39, 0.29) is 5.75 Å². The molecule has 0 saturated carbocycles. The van der Waals surface area contributed by atoms with Crippen LogP contribution >= 0.6 is 12.6 Å². The van der Waals surface area contributed by atoms with Crippen molar-refractivity contribution >= 4 is 30.9 Å². The molecule has 0 aromatic rings. The van der Waals surface area contributed by atoms with Crippen molar-refractivity contribution in [2.75, 3.05) is 12.8 Å². The average molecular weight is 248 g/mol. The lowest BCUT2D eigenvalue weighted by atomic mass is 10.2. The lowest BCUT2D eigenvalue weighted by Gasteiger charge is -2.23. The molecule has 2 unspecified atom stereocenters. The summed E-state index contributed by atoms with van der Waals surface area (Å²) in [6, 6.07) is -1.69. The van der Waals surface area contributed by atoms with Gasteiger partial charge in [0.25, 0.3) is 0 Å². The summed E-state index contributed by atoms with van der Waals surface area (Å²) in [6.45, 7) is 1.74. The number of carboxylic acid groups (broad SMARTS) is 1. The number of hydrogen-bond donors (Lipinski definition) is 3. The van der Waals surface area contributed by atoms with Gasteiger partial charge in [0.2, 0.25) is 12.3 Å². The van der Waals surface area contributed by atoms with Crippen LogP contribution in [0, 0.1) is 0 Å². The van der Waals surface area contributed by atoms with E-state index in [9.17, 15) is 14.4 Å². The highest BCUT2D eigenvalue weighted by Crippen LogP contribution is 2.00. The fourth-order valence-corrected chi connectivity index (χ4v) is 1.43. The first-order chi connectivity index (χ1) is 7.47. The summed E-state index contributed by atoms with van der Waals surface area (Å²) in [6.07, 6.45) is 0.949. The summed E-state index contributed by atoms with van der Waals surface area (Å²) in [5.41, 5.74) is 0. The molecular formula is C9H16N2O4S. The smallest absolute Gasteiger partial charge is 0.327 e. The quantitative estimate of drug-likeness (QED) is 0.413. The van der Waals surface area contributed by atoms with Crippen LogP contribution in [0.2, 0.25) is 0 Å². The molecule has 0 saturated heterocycles. The van der Waals surface area contributed by atoms with Crippen molar-refractivity contribution in [3.63, 3.8) is 0 Å². The summed E-state index contributed by atoms with van der Waals surface area (Å²) in [5.74, 6) is -1.63. The van der Waals surface area contributed by atoms with E-state index in [1.54, 1.807) is 6.92 Å². The highest BCUT2D eigenvalue weighted by molar-refractivity contribution is 7.80. The van der Waals surface area contributed by atoms with Gasteiger partial charge in [-0.3, -0.25) is 9.59 Å². The van der Waals surface area contributed by atoms with Gasteiger partial charge in [-0.1, -0.05) is 6.92 Å². The van der Waals surface area contributed by atoms with Crippen LogP contribution in [0.5, 0.6) is 0 Å². The van der Waals surface area contributed by atoms with Gasteiger partial charge in [0.05, 0.1) is 0 Å². The number of aliphatic carboxylic acids is 1. The summed E-state index contributed by atoms with van der Waals surface area (Å²) >= 11 is 3.82. The molecule has 0 aromatic heterocycles. The standard InChI is InChI=1S/C9H16N2O4S/c1-3-7(11(2)5-12)8(13)10-6(4-16)9(14)15/h5-7,16H,3-4H2,1-2H3,(H,10,13)(H,14,15). The Morgan fingerprint density at radius 1 is 1.56 bits per heavy atom. The molecule has 0 rings (SSSR count). The highest BCUT2D eigenvalue weighted by Gasteiger charge is 2.25. The first-order valence-electron chi connectivity index (χ1n) is 4.79. The number of nitrogens with zero attached hydrogens (tertiary/aromatic N) is 1. The third kappa shape index (κ3) is 4.09. The second kappa shape index (κ2) is 7.10. The highest BCUT2D eigenvalue weighted by atomic mass is 32.1. The van der Waals surface area contributed by atoms with Crippen LogP contribution in [0.1, 0.15) is 13.3 Å². The van der Waals surface area contributed by atoms with Crippen molar-refractivity contribution in [3.8, 4) is 0 Å². The zero-order chi connectivity index (χ0) is 12.7. The molecule has 0 bridgehead atoms. The minimum atomic E-state index is -1.15. The van der Waals surface area contributed by atoms with Gasteiger partial charge in [-0.2, -0.15) is 12.6 Å². The van der Waals surface area contributed by atoms with Crippen LogP contribution in [-0.2, 0) is 14.4 Å². The number of thiol groups is 1. The number of carbonyl (C=O) groups is 3. The predicted octanol–water partition coefficient (Wildman–Crippen LogP) is -0.648. The number of amides is 2. The summed E-state index contributed by atoms with van der Waals surface area (Å²) in [4.78, 5) is 34.0. The zero-order valence-electron chi connectivity index (χ0n) is 9.21. The molecule has 0 heterocycles. The first-order valence-corrected chi connectivity index (χ1v) is 5.42. The molecule has 0 aliphatic rings. The molecule has 2 atom stereocenters. The number of carboxylic acids is 1. The molecule has 0 radical (unpaired) electrons. The molecule has 2 N–H and O–H groups in total. The van der Waals surface area contributed by atoms with E-state index in [2.05, 4.69) is 17.9 Å². The Labute approximate surface area is 99.4 Å². The van der Waals surface area contributed by atoms with Gasteiger partial charge >= 0.3 is 5.97 Å². The minimum Gasteiger partial charge on any atom is -0.480 e. The molecule has 2 amide bonds. The molecule has 92 valence electrons. The molecule has 7 heteroatoms. The molecule has 0 fully saturated rings. The largest absolute Gasteiger partial charge is 0.480 e. The second-order valence-electron chi connectivity index (χ2n) is 3.28. The molecule has 16 heavy (non-hydrogen) atoms. The van der Waals surface area contributed by atoms with Crippen LogP contribution in [0.3, 0.4) is 0 Å². The van der Waals surface area contributed by atoms with Gasteiger partial charge < -0.3 is 15.3 Å². The maximum absolute atomic E-state index is 11.6. The van der Waals surface area contributed by atoms with E-state index >= 15 is 0 Å². The van der Waals surface area contributed by atoms with E-state index in [1.807, 2.05) is 0 Å². The van der Waals surface area contributed by atoms with Crippen molar-refractivity contribution in [2.24, 2.45) is 0 Å². The Kier molecular flexibility index (Phi) is 6.55. The number of rotatable bonds is 7. The van der Waals surface area contributed by atoms with Crippen LogP contribution in [0.15, 0.2) is 0 Å². The predicted molar refractivity (Wildman–Crippen MR) is 61.3 cm³/mol. The van der Waals surface area contributed by atoms with Gasteiger partial charge in [0.1, 0.15) is 12.1 Å². The van der Waals surface area contributed by atoms with Crippen LogP contribution in [0.25, 0.3) is 0 Å². The normalized spacial score (nSPS) is 13.7. The Morgan fingerprint density at radius 2 is 2.12 bits per heavy atom. The molecule has 0 aliphatic carbocycles. The number of nitrogens with one attached hydrogen (secondary N) is 1. The summed E-state index contributed by atoms with van der Waals surface area (Å²) in [7, 11) is 1.47. The molecular weight excluding hydrogens is 232 g/mol. The third-order valence-corrected chi connectivity index (χ3v) is 2.51. The number of carbonyl (C=O) groups excluding carboxylic acids is 2. The molecule has 6 nitrogen and oxygen atoms in total. The van der Waals surface area contributed by atoms with Gasteiger partial charge in [0.15, 0.2) is 0 Å². The van der Waals surface area contributed by atoms with Crippen molar-refractivity contribution in [3.05, 3.63) is 0 Å². The van der Waals surface area contributed by atoms with Crippen LogP contribution in [-0.4, -0.2) is 53.2 Å². The van der Waals surface area contributed by atoms with E-state index in [1.165, 1.54) is 11.9 Å². The summed E-state index contributed by atoms with van der Waals surface area (Å²) in [5, 5.41) is 11.0. The van der Waals surface area contributed by atoms with Gasteiger partial charge in [-0.05, 0) is 6.42 Å². The average Bonchev–Trinajstić information content (AvgIpc) is 2.25.